The van der Waals surface area contributed by atoms with Crippen molar-refractivity contribution in [3.8, 4) is 0 Å². The average Bonchev–Trinajstić information content (AvgIpc) is 2.35. The average molecular weight is 296 g/mol. The van der Waals surface area contributed by atoms with Crippen LogP contribution in [0.2, 0.25) is 5.02 Å². The van der Waals surface area contributed by atoms with Gasteiger partial charge in [-0.3, -0.25) is 9.59 Å². The van der Waals surface area contributed by atoms with E-state index in [4.69, 9.17) is 16.7 Å². The lowest BCUT2D eigenvalue weighted by atomic mass is 10.0. The predicted molar refractivity (Wildman–Crippen MR) is 78.8 cm³/mol. The van der Waals surface area contributed by atoms with E-state index in [0.717, 1.165) is 5.56 Å². The van der Waals surface area contributed by atoms with Crippen LogP contribution in [0.15, 0.2) is 36.9 Å². The molecule has 0 aliphatic rings. The minimum atomic E-state index is -0.943. The molecule has 5 heteroatoms. The van der Waals surface area contributed by atoms with Crippen LogP contribution in [0.1, 0.15) is 24.8 Å². The van der Waals surface area contributed by atoms with Crippen LogP contribution in [-0.4, -0.2) is 23.0 Å². The smallest absolute Gasteiger partial charge is 0.305 e. The number of amides is 1. The molecule has 0 unspecified atom stereocenters. The standard InChI is InChI=1S/C15H18ClNO3/c1-2-3-7-14(18)17-13(10-15(19)20)9-11-5-4-6-12(16)8-11/h2,4-6,8,13H,1,3,7,9-10H2,(H,17,18)(H,19,20)/t13-/m0/s1. The fraction of sp³-hybridized carbons (Fsp3) is 0.333. The molecule has 0 radical (unpaired) electrons. The van der Waals surface area contributed by atoms with Crippen molar-refractivity contribution in [3.05, 3.63) is 47.5 Å². The lowest BCUT2D eigenvalue weighted by Crippen LogP contribution is -2.37. The number of hydrogen-bond donors (Lipinski definition) is 2. The van der Waals surface area contributed by atoms with Crippen LogP contribution < -0.4 is 5.32 Å². The van der Waals surface area contributed by atoms with Crippen molar-refractivity contribution in [1.29, 1.82) is 0 Å². The second kappa shape index (κ2) is 8.38. The van der Waals surface area contributed by atoms with Crippen LogP contribution in [0.5, 0.6) is 0 Å². The molecule has 4 nitrogen and oxygen atoms in total. The highest BCUT2D eigenvalue weighted by atomic mass is 35.5. The third-order valence-corrected chi connectivity index (χ3v) is 2.97. The van der Waals surface area contributed by atoms with Crippen LogP contribution in [-0.2, 0) is 16.0 Å². The van der Waals surface area contributed by atoms with Gasteiger partial charge in [-0.25, -0.2) is 0 Å². The van der Waals surface area contributed by atoms with Gasteiger partial charge in [0, 0.05) is 17.5 Å². The molecule has 108 valence electrons. The number of carboxylic acids is 1. The molecule has 1 aromatic carbocycles. The SMILES string of the molecule is C=CCCC(=O)N[C@H](CC(=O)O)Cc1cccc(Cl)c1. The highest BCUT2D eigenvalue weighted by Gasteiger charge is 2.16. The quantitative estimate of drug-likeness (QED) is 0.725. The summed E-state index contributed by atoms with van der Waals surface area (Å²) >= 11 is 5.89. The summed E-state index contributed by atoms with van der Waals surface area (Å²) in [5.41, 5.74) is 0.896. The van der Waals surface area contributed by atoms with Gasteiger partial charge >= 0.3 is 5.97 Å². The Hall–Kier alpha value is -1.81. The number of hydrogen-bond acceptors (Lipinski definition) is 2. The van der Waals surface area contributed by atoms with E-state index in [2.05, 4.69) is 11.9 Å². The summed E-state index contributed by atoms with van der Waals surface area (Å²) in [6.45, 7) is 3.55. The lowest BCUT2D eigenvalue weighted by molar-refractivity contribution is -0.137. The molecule has 0 spiro atoms. The van der Waals surface area contributed by atoms with Crippen LogP contribution >= 0.6 is 11.6 Å². The third-order valence-electron chi connectivity index (χ3n) is 2.73. The Morgan fingerprint density at radius 2 is 2.20 bits per heavy atom. The van der Waals surface area contributed by atoms with E-state index in [0.29, 0.717) is 24.3 Å². The number of benzene rings is 1. The Kier molecular flexibility index (Phi) is 6.81. The number of nitrogens with one attached hydrogen (secondary N) is 1. The number of carboxylic acid groups (broad SMARTS) is 1. The molecule has 0 aliphatic heterocycles. The normalized spacial score (nSPS) is 11.7. The minimum Gasteiger partial charge on any atom is -0.481 e. The van der Waals surface area contributed by atoms with Crippen LogP contribution in [0.25, 0.3) is 0 Å². The number of carbonyl (C=O) groups is 2. The first kappa shape index (κ1) is 16.2. The predicted octanol–water partition coefficient (Wildman–Crippen LogP) is 2.81. The molecule has 1 atom stereocenters. The molecule has 0 heterocycles. The largest absolute Gasteiger partial charge is 0.481 e. The Morgan fingerprint density at radius 3 is 2.80 bits per heavy atom. The third kappa shape index (κ3) is 6.38. The summed E-state index contributed by atoms with van der Waals surface area (Å²) in [5, 5.41) is 12.2. The first-order valence-electron chi connectivity index (χ1n) is 6.37. The zero-order valence-corrected chi connectivity index (χ0v) is 11.9. The van der Waals surface area contributed by atoms with Gasteiger partial charge in [-0.05, 0) is 30.5 Å². The first-order valence-corrected chi connectivity index (χ1v) is 6.75. The zero-order valence-electron chi connectivity index (χ0n) is 11.1. The van der Waals surface area contributed by atoms with Crippen molar-refractivity contribution >= 4 is 23.5 Å². The van der Waals surface area contributed by atoms with Crippen LogP contribution in [0.4, 0.5) is 0 Å². The highest BCUT2D eigenvalue weighted by Crippen LogP contribution is 2.13. The molecule has 20 heavy (non-hydrogen) atoms. The van der Waals surface area contributed by atoms with E-state index in [9.17, 15) is 9.59 Å². The molecule has 0 aromatic heterocycles. The summed E-state index contributed by atoms with van der Waals surface area (Å²) < 4.78 is 0. The molecular formula is C15H18ClNO3. The summed E-state index contributed by atoms with van der Waals surface area (Å²) in [7, 11) is 0. The molecule has 0 fully saturated rings. The number of rotatable bonds is 8. The number of allylic oxidation sites excluding steroid dienone is 1. The molecule has 0 saturated carbocycles. The maximum absolute atomic E-state index is 11.7. The van der Waals surface area contributed by atoms with Crippen molar-refractivity contribution in [1.82, 2.24) is 5.32 Å². The van der Waals surface area contributed by atoms with E-state index in [-0.39, 0.29) is 12.3 Å². The van der Waals surface area contributed by atoms with E-state index in [1.54, 1.807) is 24.3 Å². The van der Waals surface area contributed by atoms with E-state index in [1.165, 1.54) is 0 Å². The van der Waals surface area contributed by atoms with Gasteiger partial charge in [0.2, 0.25) is 5.91 Å². The van der Waals surface area contributed by atoms with Gasteiger partial charge in [-0.15, -0.1) is 6.58 Å². The molecule has 0 aliphatic carbocycles. The zero-order chi connectivity index (χ0) is 15.0. The van der Waals surface area contributed by atoms with E-state index >= 15 is 0 Å². The molecule has 0 saturated heterocycles. The second-order valence-corrected chi connectivity index (χ2v) is 4.96. The lowest BCUT2D eigenvalue weighted by Gasteiger charge is -2.17. The fourth-order valence-electron chi connectivity index (χ4n) is 1.87. The van der Waals surface area contributed by atoms with Gasteiger partial charge in [0.05, 0.1) is 6.42 Å². The Balaban J connectivity index is 2.66. The number of halogens is 1. The van der Waals surface area contributed by atoms with Gasteiger partial charge in [0.1, 0.15) is 0 Å². The van der Waals surface area contributed by atoms with E-state index in [1.807, 2.05) is 6.07 Å². The van der Waals surface area contributed by atoms with E-state index < -0.39 is 12.0 Å². The molecular weight excluding hydrogens is 278 g/mol. The van der Waals surface area contributed by atoms with Crippen molar-refractivity contribution in [2.24, 2.45) is 0 Å². The van der Waals surface area contributed by atoms with Gasteiger partial charge in [0.25, 0.3) is 0 Å². The highest BCUT2D eigenvalue weighted by molar-refractivity contribution is 6.30. The molecule has 2 N–H and O–H groups in total. The molecule has 1 amide bonds. The van der Waals surface area contributed by atoms with Gasteiger partial charge in [0.15, 0.2) is 0 Å². The maximum Gasteiger partial charge on any atom is 0.305 e. The van der Waals surface area contributed by atoms with Crippen molar-refractivity contribution < 1.29 is 14.7 Å². The Bertz CT molecular complexity index is 488. The summed E-state index contributed by atoms with van der Waals surface area (Å²) in [4.78, 5) is 22.5. The van der Waals surface area contributed by atoms with Crippen LogP contribution in [0.3, 0.4) is 0 Å². The molecule has 0 bridgehead atoms. The fourth-order valence-corrected chi connectivity index (χ4v) is 2.08. The monoisotopic (exact) mass is 295 g/mol. The van der Waals surface area contributed by atoms with Crippen molar-refractivity contribution in [2.45, 2.75) is 31.7 Å². The summed E-state index contributed by atoms with van der Waals surface area (Å²) in [5.74, 6) is -1.11. The second-order valence-electron chi connectivity index (χ2n) is 4.52. The van der Waals surface area contributed by atoms with Gasteiger partial charge in [-0.1, -0.05) is 29.8 Å². The van der Waals surface area contributed by atoms with Crippen LogP contribution in [0, 0.1) is 0 Å². The summed E-state index contributed by atoms with van der Waals surface area (Å²) in [6.07, 6.45) is 2.86. The van der Waals surface area contributed by atoms with Gasteiger partial charge in [-0.2, -0.15) is 0 Å². The van der Waals surface area contributed by atoms with Crippen molar-refractivity contribution in [3.63, 3.8) is 0 Å². The number of aliphatic carboxylic acids is 1. The van der Waals surface area contributed by atoms with Crippen molar-refractivity contribution in [2.75, 3.05) is 0 Å². The molecule has 1 aromatic rings. The Morgan fingerprint density at radius 1 is 1.45 bits per heavy atom. The number of carbonyl (C=O) groups excluding carboxylic acids is 1. The molecule has 1 rings (SSSR count). The Labute approximate surface area is 123 Å². The summed E-state index contributed by atoms with van der Waals surface area (Å²) in [6, 6.07) is 6.74. The van der Waals surface area contributed by atoms with Gasteiger partial charge < -0.3 is 10.4 Å². The first-order chi connectivity index (χ1) is 9.51. The topological polar surface area (TPSA) is 66.4 Å². The maximum atomic E-state index is 11.7. The minimum absolute atomic E-state index is 0.119.